The summed E-state index contributed by atoms with van der Waals surface area (Å²) in [6.45, 7) is 4.71. The molecule has 0 bridgehead atoms. The van der Waals surface area contributed by atoms with Crippen LogP contribution in [0.15, 0.2) is 41.0 Å². The molecular weight excluding hydrogens is 574 g/mol. The van der Waals surface area contributed by atoms with Gasteiger partial charge in [0, 0.05) is 67.6 Å². The zero-order valence-corrected chi connectivity index (χ0v) is 26.0. The van der Waals surface area contributed by atoms with Gasteiger partial charge in [-0.25, -0.2) is 0 Å². The zero-order valence-electron chi connectivity index (χ0n) is 26.0. The number of hydrogen-bond acceptors (Lipinski definition) is 6. The topological polar surface area (TPSA) is 128 Å². The van der Waals surface area contributed by atoms with Gasteiger partial charge in [-0.1, -0.05) is 6.92 Å². The third kappa shape index (κ3) is 5.06. The molecule has 3 aliphatic heterocycles. The summed E-state index contributed by atoms with van der Waals surface area (Å²) in [7, 11) is 1.65. The van der Waals surface area contributed by atoms with Crippen molar-refractivity contribution in [3.8, 4) is 5.75 Å². The number of rotatable bonds is 8. The lowest BCUT2D eigenvalue weighted by molar-refractivity contribution is -0.167. The van der Waals surface area contributed by atoms with Gasteiger partial charge in [0.2, 0.25) is 23.6 Å². The van der Waals surface area contributed by atoms with E-state index in [1.165, 1.54) is 0 Å². The van der Waals surface area contributed by atoms with Gasteiger partial charge in [0.15, 0.2) is 0 Å². The first-order valence-electron chi connectivity index (χ1n) is 16.2. The van der Waals surface area contributed by atoms with Crippen LogP contribution >= 0.6 is 0 Å². The molecule has 2 aromatic heterocycles. The number of aromatic nitrogens is 1. The molecule has 2 N–H and O–H groups in total. The second kappa shape index (κ2) is 11.6. The zero-order chi connectivity index (χ0) is 31.3. The summed E-state index contributed by atoms with van der Waals surface area (Å²) in [5.41, 5.74) is 2.09. The molecule has 3 aromatic rings. The molecule has 238 valence electrons. The monoisotopic (exact) mass is 615 g/mol. The highest BCUT2D eigenvalue weighted by atomic mass is 16.5. The third-order valence-corrected chi connectivity index (χ3v) is 10.5. The number of carbonyl (C=O) groups is 4. The predicted octanol–water partition coefficient (Wildman–Crippen LogP) is 3.18. The standard InChI is InChI=1S/C34H41N5O6/c1-3-34-27(33(43)38-14-12-37(13-15-38)31(41)21-6-7-21)17-22(18-29(40)35-20-24-5-4-16-45-24)32(42)39(34)11-10-25-26-19-23(44-2)8-9-28(26)36-30(25)34/h4-5,8-9,16,19,21-22,27,36H,3,6-7,10-15,17-18,20H2,1-2H3,(H,35,40)/t22?,27-,34+/m1/s1. The normalized spacial score (nSPS) is 24.8. The minimum Gasteiger partial charge on any atom is -0.497 e. The molecule has 3 atom stereocenters. The maximum absolute atomic E-state index is 14.7. The van der Waals surface area contributed by atoms with Gasteiger partial charge in [-0.15, -0.1) is 0 Å². The van der Waals surface area contributed by atoms with Crippen LogP contribution in [0.2, 0.25) is 0 Å². The van der Waals surface area contributed by atoms with Crippen molar-refractivity contribution in [2.75, 3.05) is 39.8 Å². The van der Waals surface area contributed by atoms with Crippen molar-refractivity contribution >= 4 is 34.5 Å². The molecular formula is C34H41N5O6. The summed E-state index contributed by atoms with van der Waals surface area (Å²) in [5, 5.41) is 3.92. The van der Waals surface area contributed by atoms with Crippen molar-refractivity contribution in [3.63, 3.8) is 0 Å². The maximum atomic E-state index is 14.7. The Morgan fingerprint density at radius 1 is 1.07 bits per heavy atom. The first kappa shape index (κ1) is 29.4. The summed E-state index contributed by atoms with van der Waals surface area (Å²) in [4.78, 5) is 64.1. The summed E-state index contributed by atoms with van der Waals surface area (Å²) in [6.07, 6.45) is 4.92. The SMILES string of the molecule is CC[C@]12c3[nH]c4ccc(OC)cc4c3CCN1C(=O)C(CC(=O)NCc1ccco1)C[C@@H]2C(=O)N1CCN(C(=O)C2CC2)CC1. The van der Waals surface area contributed by atoms with Gasteiger partial charge in [-0.2, -0.15) is 0 Å². The fraction of sp³-hybridized carbons (Fsp3) is 0.529. The van der Waals surface area contributed by atoms with Crippen molar-refractivity contribution in [1.82, 2.24) is 25.0 Å². The van der Waals surface area contributed by atoms with Crippen LogP contribution < -0.4 is 10.1 Å². The first-order valence-corrected chi connectivity index (χ1v) is 16.2. The number of H-pyrrole nitrogens is 1. The van der Waals surface area contributed by atoms with E-state index >= 15 is 0 Å². The molecule has 11 nitrogen and oxygen atoms in total. The summed E-state index contributed by atoms with van der Waals surface area (Å²) >= 11 is 0. The van der Waals surface area contributed by atoms with E-state index in [1.807, 2.05) is 39.8 Å². The van der Waals surface area contributed by atoms with E-state index in [9.17, 15) is 19.2 Å². The number of carbonyl (C=O) groups excluding carboxylic acids is 4. The molecule has 2 saturated heterocycles. The van der Waals surface area contributed by atoms with Crippen molar-refractivity contribution in [3.05, 3.63) is 53.6 Å². The Morgan fingerprint density at radius 2 is 1.82 bits per heavy atom. The second-order valence-electron chi connectivity index (χ2n) is 12.9. The van der Waals surface area contributed by atoms with Crippen LogP contribution in [0.4, 0.5) is 0 Å². The number of amides is 4. The van der Waals surface area contributed by atoms with Gasteiger partial charge in [-0.3, -0.25) is 19.2 Å². The van der Waals surface area contributed by atoms with Gasteiger partial charge in [0.1, 0.15) is 11.5 Å². The first-order chi connectivity index (χ1) is 21.8. The Morgan fingerprint density at radius 3 is 2.49 bits per heavy atom. The number of nitrogens with one attached hydrogen (secondary N) is 2. The van der Waals surface area contributed by atoms with E-state index in [4.69, 9.17) is 9.15 Å². The van der Waals surface area contributed by atoms with Gasteiger partial charge in [0.05, 0.1) is 31.4 Å². The highest BCUT2D eigenvalue weighted by Gasteiger charge is 2.59. The minimum atomic E-state index is -0.879. The number of benzene rings is 1. The third-order valence-electron chi connectivity index (χ3n) is 10.5. The molecule has 4 aliphatic rings. The van der Waals surface area contributed by atoms with Crippen LogP contribution in [0.5, 0.6) is 5.75 Å². The lowest BCUT2D eigenvalue weighted by atomic mass is 9.65. The van der Waals surface area contributed by atoms with Gasteiger partial charge < -0.3 is 34.2 Å². The van der Waals surface area contributed by atoms with Crippen molar-refractivity contribution < 1.29 is 28.3 Å². The molecule has 3 fully saturated rings. The van der Waals surface area contributed by atoms with Crippen LogP contribution in [0, 0.1) is 17.8 Å². The lowest BCUT2D eigenvalue weighted by Gasteiger charge is -2.56. The van der Waals surface area contributed by atoms with Crippen LogP contribution in [0.3, 0.4) is 0 Å². The fourth-order valence-corrected chi connectivity index (χ4v) is 7.95. The van der Waals surface area contributed by atoms with Crippen molar-refractivity contribution in [1.29, 1.82) is 0 Å². The second-order valence-corrected chi connectivity index (χ2v) is 12.9. The maximum Gasteiger partial charge on any atom is 0.228 e. The molecule has 45 heavy (non-hydrogen) atoms. The average Bonchev–Trinajstić information content (AvgIpc) is 3.65. The van der Waals surface area contributed by atoms with Gasteiger partial charge >= 0.3 is 0 Å². The molecule has 1 unspecified atom stereocenters. The Labute approximate surface area is 262 Å². The molecule has 1 saturated carbocycles. The van der Waals surface area contributed by atoms with Crippen LogP contribution in [0.1, 0.15) is 56.0 Å². The molecule has 0 spiro atoms. The van der Waals surface area contributed by atoms with E-state index in [2.05, 4.69) is 10.3 Å². The van der Waals surface area contributed by atoms with E-state index < -0.39 is 17.4 Å². The quantitative estimate of drug-likeness (QED) is 0.401. The molecule has 5 heterocycles. The van der Waals surface area contributed by atoms with Gasteiger partial charge in [-0.05, 0) is 68.0 Å². The highest BCUT2D eigenvalue weighted by molar-refractivity contribution is 5.93. The Bertz CT molecular complexity index is 1620. The molecule has 1 aliphatic carbocycles. The molecule has 1 aromatic carbocycles. The van der Waals surface area contributed by atoms with Crippen LogP contribution in [-0.4, -0.2) is 83.1 Å². The molecule has 11 heteroatoms. The van der Waals surface area contributed by atoms with E-state index in [-0.39, 0.29) is 48.9 Å². The Balaban J connectivity index is 1.21. The summed E-state index contributed by atoms with van der Waals surface area (Å²) in [6, 6.07) is 9.47. The number of furan rings is 1. The fourth-order valence-electron chi connectivity index (χ4n) is 7.95. The number of ether oxygens (including phenoxy) is 1. The minimum absolute atomic E-state index is 0.0000416. The van der Waals surface area contributed by atoms with Crippen molar-refractivity contribution in [2.45, 2.75) is 57.5 Å². The number of piperidine rings is 1. The lowest BCUT2D eigenvalue weighted by Crippen LogP contribution is -2.66. The average molecular weight is 616 g/mol. The highest BCUT2D eigenvalue weighted by Crippen LogP contribution is 2.52. The molecule has 4 amide bonds. The van der Waals surface area contributed by atoms with E-state index in [0.717, 1.165) is 40.8 Å². The smallest absolute Gasteiger partial charge is 0.228 e. The molecule has 7 rings (SSSR count). The number of fused-ring (bicyclic) bond motifs is 5. The Kier molecular flexibility index (Phi) is 7.57. The number of nitrogens with zero attached hydrogens (tertiary/aromatic N) is 3. The van der Waals surface area contributed by atoms with E-state index in [1.54, 1.807) is 25.5 Å². The number of hydrogen-bond donors (Lipinski definition) is 2. The molecule has 0 radical (unpaired) electrons. The van der Waals surface area contributed by atoms with E-state index in [0.29, 0.717) is 51.3 Å². The number of aromatic amines is 1. The predicted molar refractivity (Wildman–Crippen MR) is 165 cm³/mol. The summed E-state index contributed by atoms with van der Waals surface area (Å²) < 4.78 is 10.9. The Hall–Kier alpha value is -4.28. The van der Waals surface area contributed by atoms with Crippen molar-refractivity contribution in [2.24, 2.45) is 17.8 Å². The van der Waals surface area contributed by atoms with Crippen LogP contribution in [0.25, 0.3) is 10.9 Å². The largest absolute Gasteiger partial charge is 0.497 e. The van der Waals surface area contributed by atoms with Gasteiger partial charge in [0.25, 0.3) is 0 Å². The number of piperazine rings is 1. The summed E-state index contributed by atoms with van der Waals surface area (Å²) in [5.74, 6) is 0.207. The van der Waals surface area contributed by atoms with Crippen LogP contribution in [-0.2, 0) is 37.7 Å². The number of methoxy groups -OCH3 is 1.